The summed E-state index contributed by atoms with van der Waals surface area (Å²) < 4.78 is 12.2. The van der Waals surface area contributed by atoms with Gasteiger partial charge in [0.15, 0.2) is 0 Å². The Morgan fingerprint density at radius 1 is 1.08 bits per heavy atom. The molecule has 37 heavy (non-hydrogen) atoms. The fourth-order valence-corrected chi connectivity index (χ4v) is 5.19. The average molecular weight is 502 g/mol. The van der Waals surface area contributed by atoms with Crippen LogP contribution in [0.3, 0.4) is 0 Å². The number of carbonyl (C=O) groups excluding carboxylic acids is 2. The highest BCUT2D eigenvalue weighted by atomic mass is 16.6. The standard InChI is InChI=1S/C29H31N3O5/c1-18(20-5-3-2-4-6-20)31-28(35)16-22-15-24-23-14-21(32-27(34)13-19-9-11-30-12-10-19)7-8-25(23)37-29(24)26(17-33)36-22/h2-12,14,18,22,24,26,29,33H,13,15-17H2,1H3,(H,31,35)(H,32,34)/t18-,22+,24+,26-,29-/m0/s1. The van der Waals surface area contributed by atoms with Crippen LogP contribution in [0.2, 0.25) is 0 Å². The van der Waals surface area contributed by atoms with Crippen LogP contribution >= 0.6 is 0 Å². The first-order valence-corrected chi connectivity index (χ1v) is 12.6. The van der Waals surface area contributed by atoms with Gasteiger partial charge in [-0.2, -0.15) is 0 Å². The number of ether oxygens (including phenoxy) is 2. The second-order valence-electron chi connectivity index (χ2n) is 9.64. The molecule has 5 rings (SSSR count). The van der Waals surface area contributed by atoms with Crippen molar-refractivity contribution in [3.05, 3.63) is 89.7 Å². The molecule has 0 spiro atoms. The Bertz CT molecular complexity index is 1240. The molecule has 0 aliphatic carbocycles. The Morgan fingerprint density at radius 2 is 1.86 bits per heavy atom. The molecule has 3 aromatic rings. The van der Waals surface area contributed by atoms with E-state index in [0.717, 1.165) is 16.7 Å². The maximum Gasteiger partial charge on any atom is 0.228 e. The number of carbonyl (C=O) groups is 2. The van der Waals surface area contributed by atoms with Gasteiger partial charge >= 0.3 is 0 Å². The van der Waals surface area contributed by atoms with Crippen LogP contribution in [-0.4, -0.2) is 46.8 Å². The molecule has 3 N–H and O–H groups in total. The van der Waals surface area contributed by atoms with Crippen molar-refractivity contribution in [1.29, 1.82) is 0 Å². The van der Waals surface area contributed by atoms with Crippen LogP contribution in [-0.2, 0) is 20.7 Å². The molecule has 0 unspecified atom stereocenters. The maximum atomic E-state index is 12.8. The second kappa shape index (κ2) is 11.1. The number of fused-ring (bicyclic) bond motifs is 3. The molecule has 3 heterocycles. The topological polar surface area (TPSA) is 110 Å². The minimum atomic E-state index is -0.541. The largest absolute Gasteiger partial charge is 0.487 e. The van der Waals surface area contributed by atoms with Crippen LogP contribution in [0.1, 0.15) is 48.4 Å². The fraction of sp³-hybridized carbons (Fsp3) is 0.345. The number of benzene rings is 2. The molecule has 0 bridgehead atoms. The van der Waals surface area contributed by atoms with Gasteiger partial charge in [-0.1, -0.05) is 30.3 Å². The SMILES string of the molecule is C[C@H](NC(=O)C[C@H]1C[C@@H]2c3cc(NC(=O)Cc4ccncc4)ccc3O[C@@H]2[C@H](CO)O1)c1ccccc1. The highest BCUT2D eigenvalue weighted by Crippen LogP contribution is 2.47. The molecule has 192 valence electrons. The lowest BCUT2D eigenvalue weighted by Crippen LogP contribution is -2.47. The zero-order chi connectivity index (χ0) is 25.8. The van der Waals surface area contributed by atoms with Crippen molar-refractivity contribution in [2.45, 2.75) is 56.5 Å². The van der Waals surface area contributed by atoms with E-state index in [2.05, 4.69) is 15.6 Å². The van der Waals surface area contributed by atoms with Crippen molar-refractivity contribution in [3.63, 3.8) is 0 Å². The minimum absolute atomic E-state index is 0.0534. The second-order valence-corrected chi connectivity index (χ2v) is 9.64. The van der Waals surface area contributed by atoms with Gasteiger partial charge < -0.3 is 25.2 Å². The molecule has 2 aliphatic rings. The molecule has 2 aliphatic heterocycles. The summed E-state index contributed by atoms with van der Waals surface area (Å²) in [5, 5.41) is 16.0. The molecular weight excluding hydrogens is 470 g/mol. The van der Waals surface area contributed by atoms with Gasteiger partial charge in [0.25, 0.3) is 0 Å². The van der Waals surface area contributed by atoms with E-state index in [1.165, 1.54) is 0 Å². The molecule has 1 saturated heterocycles. The highest BCUT2D eigenvalue weighted by Gasteiger charge is 2.46. The van der Waals surface area contributed by atoms with E-state index >= 15 is 0 Å². The van der Waals surface area contributed by atoms with Gasteiger partial charge in [0.2, 0.25) is 11.8 Å². The van der Waals surface area contributed by atoms with Gasteiger partial charge in [-0.05, 0) is 54.8 Å². The van der Waals surface area contributed by atoms with Gasteiger partial charge in [0.1, 0.15) is 18.0 Å². The van der Waals surface area contributed by atoms with Crippen molar-refractivity contribution in [2.75, 3.05) is 11.9 Å². The smallest absolute Gasteiger partial charge is 0.228 e. The number of nitrogens with one attached hydrogen (secondary N) is 2. The average Bonchev–Trinajstić information content (AvgIpc) is 3.27. The van der Waals surface area contributed by atoms with Crippen molar-refractivity contribution in [3.8, 4) is 5.75 Å². The Hall–Kier alpha value is -3.75. The molecule has 8 heteroatoms. The molecule has 1 aromatic heterocycles. The zero-order valence-corrected chi connectivity index (χ0v) is 20.7. The van der Waals surface area contributed by atoms with E-state index in [0.29, 0.717) is 17.9 Å². The molecule has 0 radical (unpaired) electrons. The first-order valence-electron chi connectivity index (χ1n) is 12.6. The van der Waals surface area contributed by atoms with Gasteiger partial charge in [-0.25, -0.2) is 0 Å². The summed E-state index contributed by atoms with van der Waals surface area (Å²) in [6, 6.07) is 18.9. The molecule has 2 amide bonds. The van der Waals surface area contributed by atoms with Crippen molar-refractivity contribution in [2.24, 2.45) is 0 Å². The number of rotatable bonds is 8. The van der Waals surface area contributed by atoms with Crippen LogP contribution in [0.5, 0.6) is 5.75 Å². The number of hydrogen-bond acceptors (Lipinski definition) is 6. The first kappa shape index (κ1) is 24.9. The Kier molecular flexibility index (Phi) is 7.48. The lowest BCUT2D eigenvalue weighted by atomic mass is 9.84. The number of anilines is 1. The van der Waals surface area contributed by atoms with Crippen LogP contribution in [0.4, 0.5) is 5.69 Å². The molecule has 0 saturated carbocycles. The van der Waals surface area contributed by atoms with Crippen LogP contribution in [0.25, 0.3) is 0 Å². The molecule has 8 nitrogen and oxygen atoms in total. The number of aromatic nitrogens is 1. The molecule has 5 atom stereocenters. The normalized spacial score (nSPS) is 22.8. The Labute approximate surface area is 216 Å². The summed E-state index contributed by atoms with van der Waals surface area (Å²) in [5.74, 6) is 0.436. The van der Waals surface area contributed by atoms with Gasteiger partial charge in [0.05, 0.1) is 31.6 Å². The number of pyridine rings is 1. The number of amides is 2. The predicted octanol–water partition coefficient (Wildman–Crippen LogP) is 3.52. The summed E-state index contributed by atoms with van der Waals surface area (Å²) >= 11 is 0. The zero-order valence-electron chi connectivity index (χ0n) is 20.7. The third-order valence-corrected chi connectivity index (χ3v) is 6.99. The number of aliphatic hydroxyl groups excluding tert-OH is 1. The fourth-order valence-electron chi connectivity index (χ4n) is 5.19. The number of hydrogen-bond donors (Lipinski definition) is 3. The Balaban J connectivity index is 1.25. The number of aliphatic hydroxyl groups is 1. The Morgan fingerprint density at radius 3 is 2.62 bits per heavy atom. The number of nitrogens with zero attached hydrogens (tertiary/aromatic N) is 1. The molecule has 1 fully saturated rings. The quantitative estimate of drug-likeness (QED) is 0.436. The maximum absolute atomic E-state index is 12.8. The highest BCUT2D eigenvalue weighted by molar-refractivity contribution is 5.92. The van der Waals surface area contributed by atoms with Crippen molar-refractivity contribution in [1.82, 2.24) is 10.3 Å². The van der Waals surface area contributed by atoms with E-state index in [1.54, 1.807) is 12.4 Å². The van der Waals surface area contributed by atoms with Gasteiger partial charge in [-0.15, -0.1) is 0 Å². The third-order valence-electron chi connectivity index (χ3n) is 6.99. The van der Waals surface area contributed by atoms with E-state index in [4.69, 9.17) is 9.47 Å². The summed E-state index contributed by atoms with van der Waals surface area (Å²) in [5.41, 5.74) is 3.55. The summed E-state index contributed by atoms with van der Waals surface area (Å²) in [6.45, 7) is 1.75. The minimum Gasteiger partial charge on any atom is -0.487 e. The summed E-state index contributed by atoms with van der Waals surface area (Å²) in [4.78, 5) is 29.4. The first-order chi connectivity index (χ1) is 18.0. The van der Waals surface area contributed by atoms with E-state index in [-0.39, 0.29) is 55.4 Å². The van der Waals surface area contributed by atoms with Crippen molar-refractivity contribution < 1.29 is 24.2 Å². The predicted molar refractivity (Wildman–Crippen MR) is 138 cm³/mol. The molecule has 2 aromatic carbocycles. The van der Waals surface area contributed by atoms with E-state index in [1.807, 2.05) is 67.6 Å². The third kappa shape index (κ3) is 5.81. The lowest BCUT2D eigenvalue weighted by molar-refractivity contribution is -0.142. The van der Waals surface area contributed by atoms with Crippen LogP contribution in [0, 0.1) is 0 Å². The monoisotopic (exact) mass is 501 g/mol. The van der Waals surface area contributed by atoms with Crippen molar-refractivity contribution >= 4 is 17.5 Å². The van der Waals surface area contributed by atoms with E-state index in [9.17, 15) is 14.7 Å². The summed E-state index contributed by atoms with van der Waals surface area (Å²) in [7, 11) is 0. The van der Waals surface area contributed by atoms with Gasteiger partial charge in [-0.3, -0.25) is 14.6 Å². The van der Waals surface area contributed by atoms with Crippen LogP contribution in [0.15, 0.2) is 73.1 Å². The van der Waals surface area contributed by atoms with Gasteiger partial charge in [0, 0.05) is 29.6 Å². The summed E-state index contributed by atoms with van der Waals surface area (Å²) in [6.07, 6.45) is 3.10. The molecular formula is C29H31N3O5. The van der Waals surface area contributed by atoms with E-state index < -0.39 is 6.10 Å². The van der Waals surface area contributed by atoms with Crippen LogP contribution < -0.4 is 15.4 Å². The lowest BCUT2D eigenvalue weighted by Gasteiger charge is -2.37.